The Morgan fingerprint density at radius 2 is 2.44 bits per heavy atom. The highest BCUT2D eigenvalue weighted by atomic mass is 15.1. The SMILES string of the molecule is C[C@@H]1CCCN(C#N)C1. The molecule has 1 aliphatic rings. The van der Waals surface area contributed by atoms with Crippen LogP contribution in [0.1, 0.15) is 19.8 Å². The van der Waals surface area contributed by atoms with Gasteiger partial charge in [-0.1, -0.05) is 6.92 Å². The molecule has 0 radical (unpaired) electrons. The van der Waals surface area contributed by atoms with Crippen LogP contribution in [0.2, 0.25) is 0 Å². The molecule has 2 nitrogen and oxygen atoms in total. The van der Waals surface area contributed by atoms with Crippen molar-refractivity contribution < 1.29 is 0 Å². The van der Waals surface area contributed by atoms with Crippen molar-refractivity contribution in [3.05, 3.63) is 0 Å². The fraction of sp³-hybridized carbons (Fsp3) is 0.857. The molecule has 9 heavy (non-hydrogen) atoms. The quantitative estimate of drug-likeness (QED) is 0.454. The first-order chi connectivity index (χ1) is 4.33. The third kappa shape index (κ3) is 1.60. The molecular weight excluding hydrogens is 112 g/mol. The number of rotatable bonds is 0. The lowest BCUT2D eigenvalue weighted by Crippen LogP contribution is -2.29. The molecule has 0 aromatic carbocycles. The maximum absolute atomic E-state index is 8.48. The average molecular weight is 124 g/mol. The maximum Gasteiger partial charge on any atom is 0.179 e. The molecule has 0 bridgehead atoms. The number of likely N-dealkylation sites (tertiary alicyclic amines) is 1. The zero-order chi connectivity index (χ0) is 6.69. The van der Waals surface area contributed by atoms with E-state index in [1.165, 1.54) is 12.8 Å². The summed E-state index contributed by atoms with van der Waals surface area (Å²) in [6.45, 7) is 4.14. The van der Waals surface area contributed by atoms with Crippen molar-refractivity contribution in [3.63, 3.8) is 0 Å². The first-order valence-electron chi connectivity index (χ1n) is 3.47. The first-order valence-corrected chi connectivity index (χ1v) is 3.47. The Morgan fingerprint density at radius 3 is 2.89 bits per heavy atom. The van der Waals surface area contributed by atoms with E-state index >= 15 is 0 Å². The van der Waals surface area contributed by atoms with Crippen molar-refractivity contribution in [2.45, 2.75) is 19.8 Å². The fourth-order valence-corrected chi connectivity index (χ4v) is 1.28. The van der Waals surface area contributed by atoms with Gasteiger partial charge in [0.05, 0.1) is 0 Å². The monoisotopic (exact) mass is 124 g/mol. The summed E-state index contributed by atoms with van der Waals surface area (Å²) in [6.07, 6.45) is 4.65. The van der Waals surface area contributed by atoms with Crippen molar-refractivity contribution in [2.24, 2.45) is 5.92 Å². The zero-order valence-electron chi connectivity index (χ0n) is 5.80. The molecule has 0 unspecified atom stereocenters. The molecular formula is C7H12N2. The number of piperidine rings is 1. The van der Waals surface area contributed by atoms with Gasteiger partial charge >= 0.3 is 0 Å². The topological polar surface area (TPSA) is 27.0 Å². The minimum Gasteiger partial charge on any atom is -0.310 e. The summed E-state index contributed by atoms with van der Waals surface area (Å²) in [6, 6.07) is 0. The van der Waals surface area contributed by atoms with Gasteiger partial charge in [-0.05, 0) is 18.8 Å². The van der Waals surface area contributed by atoms with Crippen molar-refractivity contribution in [1.82, 2.24) is 4.90 Å². The predicted octanol–water partition coefficient (Wildman–Crippen LogP) is 1.20. The van der Waals surface area contributed by atoms with E-state index in [2.05, 4.69) is 13.1 Å². The third-order valence-electron chi connectivity index (χ3n) is 1.80. The Bertz CT molecular complexity index is 125. The second-order valence-corrected chi connectivity index (χ2v) is 2.79. The van der Waals surface area contributed by atoms with E-state index in [4.69, 9.17) is 5.26 Å². The first kappa shape index (κ1) is 6.41. The van der Waals surface area contributed by atoms with Crippen LogP contribution < -0.4 is 0 Å². The summed E-state index contributed by atoms with van der Waals surface area (Å²) in [5, 5.41) is 8.48. The second kappa shape index (κ2) is 2.72. The minimum atomic E-state index is 0.721. The van der Waals surface area contributed by atoms with Crippen LogP contribution in [0.5, 0.6) is 0 Å². The lowest BCUT2D eigenvalue weighted by molar-refractivity contribution is 0.257. The minimum absolute atomic E-state index is 0.721. The average Bonchev–Trinajstić information content (AvgIpc) is 1.88. The fourth-order valence-electron chi connectivity index (χ4n) is 1.28. The summed E-state index contributed by atoms with van der Waals surface area (Å²) in [5.74, 6) is 0.721. The summed E-state index contributed by atoms with van der Waals surface area (Å²) in [5.41, 5.74) is 0. The number of nitriles is 1. The van der Waals surface area contributed by atoms with Gasteiger partial charge in [-0.25, -0.2) is 0 Å². The Hall–Kier alpha value is -0.710. The Kier molecular flexibility index (Phi) is 1.94. The Labute approximate surface area is 56.1 Å². The molecule has 0 N–H and O–H groups in total. The summed E-state index contributed by atoms with van der Waals surface area (Å²) >= 11 is 0. The smallest absolute Gasteiger partial charge is 0.179 e. The van der Waals surface area contributed by atoms with Gasteiger partial charge in [-0.15, -0.1) is 0 Å². The number of hydrogen-bond acceptors (Lipinski definition) is 2. The maximum atomic E-state index is 8.48. The van der Waals surface area contributed by atoms with Crippen LogP contribution in [0.15, 0.2) is 0 Å². The summed E-state index contributed by atoms with van der Waals surface area (Å²) in [7, 11) is 0. The Morgan fingerprint density at radius 1 is 1.67 bits per heavy atom. The van der Waals surface area contributed by atoms with Crippen LogP contribution in [0, 0.1) is 17.4 Å². The summed E-state index contributed by atoms with van der Waals surface area (Å²) in [4.78, 5) is 1.84. The molecule has 1 heterocycles. The van der Waals surface area contributed by atoms with Crippen LogP contribution in [0.4, 0.5) is 0 Å². The molecule has 0 amide bonds. The molecule has 2 heteroatoms. The lowest BCUT2D eigenvalue weighted by Gasteiger charge is -2.25. The standard InChI is InChI=1S/C7H12N2/c1-7-3-2-4-9(5-7)6-8/h7H,2-5H2,1H3/t7-/m1/s1. The molecule has 0 aliphatic carbocycles. The molecule has 0 aromatic rings. The predicted molar refractivity (Wildman–Crippen MR) is 35.6 cm³/mol. The van der Waals surface area contributed by atoms with Crippen molar-refractivity contribution in [3.8, 4) is 6.19 Å². The molecule has 1 saturated heterocycles. The van der Waals surface area contributed by atoms with Crippen LogP contribution in [0.3, 0.4) is 0 Å². The molecule has 0 spiro atoms. The van der Waals surface area contributed by atoms with Gasteiger partial charge in [0, 0.05) is 13.1 Å². The molecule has 1 aliphatic heterocycles. The number of nitrogens with zero attached hydrogens (tertiary/aromatic N) is 2. The van der Waals surface area contributed by atoms with Crippen LogP contribution in [0.25, 0.3) is 0 Å². The molecule has 0 saturated carbocycles. The van der Waals surface area contributed by atoms with E-state index in [0.29, 0.717) is 0 Å². The van der Waals surface area contributed by atoms with E-state index in [-0.39, 0.29) is 0 Å². The van der Waals surface area contributed by atoms with Gasteiger partial charge in [0.15, 0.2) is 6.19 Å². The number of hydrogen-bond donors (Lipinski definition) is 0. The van der Waals surface area contributed by atoms with E-state index in [1.807, 2.05) is 4.90 Å². The largest absolute Gasteiger partial charge is 0.310 e. The van der Waals surface area contributed by atoms with E-state index in [1.54, 1.807) is 0 Å². The van der Waals surface area contributed by atoms with Crippen LogP contribution in [-0.2, 0) is 0 Å². The highest BCUT2D eigenvalue weighted by molar-refractivity contribution is 4.79. The van der Waals surface area contributed by atoms with Crippen molar-refractivity contribution >= 4 is 0 Å². The lowest BCUT2D eigenvalue weighted by atomic mass is 10.0. The van der Waals surface area contributed by atoms with Gasteiger partial charge in [0.2, 0.25) is 0 Å². The van der Waals surface area contributed by atoms with E-state index in [9.17, 15) is 0 Å². The van der Waals surface area contributed by atoms with Gasteiger partial charge in [-0.3, -0.25) is 0 Å². The highest BCUT2D eigenvalue weighted by Gasteiger charge is 2.13. The van der Waals surface area contributed by atoms with Crippen molar-refractivity contribution in [1.29, 1.82) is 5.26 Å². The van der Waals surface area contributed by atoms with Gasteiger partial charge in [0.1, 0.15) is 0 Å². The third-order valence-corrected chi connectivity index (χ3v) is 1.80. The normalized spacial score (nSPS) is 27.6. The van der Waals surface area contributed by atoms with E-state index < -0.39 is 0 Å². The van der Waals surface area contributed by atoms with Crippen molar-refractivity contribution in [2.75, 3.05) is 13.1 Å². The van der Waals surface area contributed by atoms with Gasteiger partial charge in [-0.2, -0.15) is 5.26 Å². The van der Waals surface area contributed by atoms with Gasteiger partial charge < -0.3 is 4.90 Å². The molecule has 1 fully saturated rings. The van der Waals surface area contributed by atoms with Crippen LogP contribution in [-0.4, -0.2) is 18.0 Å². The molecule has 1 atom stereocenters. The van der Waals surface area contributed by atoms with E-state index in [0.717, 1.165) is 19.0 Å². The van der Waals surface area contributed by atoms with Crippen LogP contribution >= 0.6 is 0 Å². The highest BCUT2D eigenvalue weighted by Crippen LogP contribution is 2.13. The second-order valence-electron chi connectivity index (χ2n) is 2.79. The van der Waals surface area contributed by atoms with Gasteiger partial charge in [0.25, 0.3) is 0 Å². The zero-order valence-corrected chi connectivity index (χ0v) is 5.80. The molecule has 50 valence electrons. The molecule has 1 rings (SSSR count). The molecule has 0 aromatic heterocycles. The summed E-state index contributed by atoms with van der Waals surface area (Å²) < 4.78 is 0. The Balaban J connectivity index is 2.34.